The topological polar surface area (TPSA) is 85.6 Å². The smallest absolute Gasteiger partial charge is 0.270 e. The second-order valence-electron chi connectivity index (χ2n) is 6.24. The van der Waals surface area contributed by atoms with Crippen molar-refractivity contribution >= 4 is 44.9 Å². The summed E-state index contributed by atoms with van der Waals surface area (Å²) >= 11 is 2.76. The van der Waals surface area contributed by atoms with Gasteiger partial charge in [-0.05, 0) is 11.6 Å². The second kappa shape index (κ2) is 8.26. The number of hydrogen-bond donors (Lipinski definition) is 0. The van der Waals surface area contributed by atoms with Gasteiger partial charge in [0.1, 0.15) is 5.25 Å². The summed E-state index contributed by atoms with van der Waals surface area (Å²) < 4.78 is 6.81. The number of carbonyl (C=O) groups excluding carboxylic acids is 1. The fourth-order valence-electron chi connectivity index (χ4n) is 3.00. The maximum Gasteiger partial charge on any atom is 0.270 e. The number of rotatable bonds is 5. The molecule has 28 heavy (non-hydrogen) atoms. The number of fused-ring (bicyclic) bond motifs is 1. The number of amides is 1. The number of nitrogens with zero attached hydrogens (tertiary/aromatic N) is 3. The maximum atomic E-state index is 13.2. The van der Waals surface area contributed by atoms with Gasteiger partial charge in [-0.15, -0.1) is 11.3 Å². The van der Waals surface area contributed by atoms with Crippen LogP contribution >= 0.6 is 23.1 Å². The van der Waals surface area contributed by atoms with E-state index in [1.54, 1.807) is 6.07 Å². The van der Waals surface area contributed by atoms with Gasteiger partial charge in [0, 0.05) is 25.2 Å². The predicted molar refractivity (Wildman–Crippen MR) is 109 cm³/mol. The number of morpholine rings is 1. The molecule has 1 atom stereocenters. The van der Waals surface area contributed by atoms with Crippen LogP contribution in [0.2, 0.25) is 0 Å². The third-order valence-corrected chi connectivity index (χ3v) is 6.79. The van der Waals surface area contributed by atoms with Crippen molar-refractivity contribution < 1.29 is 14.5 Å². The molecule has 1 aliphatic rings. The minimum Gasteiger partial charge on any atom is -0.378 e. The molecule has 1 amide bonds. The van der Waals surface area contributed by atoms with Crippen molar-refractivity contribution in [2.24, 2.45) is 0 Å². The molecule has 0 N–H and O–H groups in total. The Kier molecular flexibility index (Phi) is 5.56. The van der Waals surface area contributed by atoms with Crippen molar-refractivity contribution in [2.75, 3.05) is 26.3 Å². The average molecular weight is 415 g/mol. The Hall–Kier alpha value is -2.49. The molecule has 0 saturated carbocycles. The minimum atomic E-state index is -0.421. The molecule has 2 heterocycles. The lowest BCUT2D eigenvalue weighted by atomic mass is 10.1. The normalized spacial score (nSPS) is 15.5. The molecule has 7 nitrogen and oxygen atoms in total. The summed E-state index contributed by atoms with van der Waals surface area (Å²) in [4.78, 5) is 30.2. The van der Waals surface area contributed by atoms with Crippen molar-refractivity contribution in [3.8, 4) is 0 Å². The summed E-state index contributed by atoms with van der Waals surface area (Å²) in [5.74, 6) is 0.0322. The van der Waals surface area contributed by atoms with Crippen molar-refractivity contribution in [1.82, 2.24) is 9.88 Å². The van der Waals surface area contributed by atoms with Gasteiger partial charge < -0.3 is 9.64 Å². The number of ether oxygens (including phenoxy) is 1. The van der Waals surface area contributed by atoms with E-state index in [0.29, 0.717) is 36.2 Å². The summed E-state index contributed by atoms with van der Waals surface area (Å²) in [6.07, 6.45) is 0. The van der Waals surface area contributed by atoms with E-state index in [2.05, 4.69) is 4.98 Å². The number of benzene rings is 2. The van der Waals surface area contributed by atoms with Crippen LogP contribution in [0.15, 0.2) is 52.9 Å². The summed E-state index contributed by atoms with van der Waals surface area (Å²) in [6.45, 7) is 2.25. The Balaban J connectivity index is 1.64. The number of thiazole rings is 1. The summed E-state index contributed by atoms with van der Waals surface area (Å²) in [7, 11) is 0. The zero-order chi connectivity index (χ0) is 19.5. The van der Waals surface area contributed by atoms with E-state index in [1.807, 2.05) is 35.2 Å². The lowest BCUT2D eigenvalue weighted by Gasteiger charge is -2.30. The van der Waals surface area contributed by atoms with E-state index < -0.39 is 10.2 Å². The van der Waals surface area contributed by atoms with Gasteiger partial charge in [0.25, 0.3) is 5.69 Å². The number of hydrogen-bond acceptors (Lipinski definition) is 7. The van der Waals surface area contributed by atoms with Gasteiger partial charge in [-0.3, -0.25) is 14.9 Å². The van der Waals surface area contributed by atoms with Crippen LogP contribution in [0, 0.1) is 10.1 Å². The fraction of sp³-hybridized carbons (Fsp3) is 0.263. The lowest BCUT2D eigenvalue weighted by Crippen LogP contribution is -2.42. The predicted octanol–water partition coefficient (Wildman–Crippen LogP) is 3.90. The molecule has 3 aromatic rings. The molecule has 4 rings (SSSR count). The highest BCUT2D eigenvalue weighted by molar-refractivity contribution is 8.02. The molecule has 0 unspecified atom stereocenters. The molecule has 144 valence electrons. The molecular formula is C19H17N3O4S2. The summed E-state index contributed by atoms with van der Waals surface area (Å²) in [6, 6.07) is 14.2. The number of carbonyl (C=O) groups is 1. The molecule has 1 aliphatic heterocycles. The largest absolute Gasteiger partial charge is 0.378 e. The SMILES string of the molecule is O=C([C@@H](Sc1nc2ccc([N+](=O)[O-])cc2s1)c1ccccc1)N1CCOCC1. The molecular weight excluding hydrogens is 398 g/mol. The summed E-state index contributed by atoms with van der Waals surface area (Å²) in [5.41, 5.74) is 1.65. The zero-order valence-corrected chi connectivity index (χ0v) is 16.4. The lowest BCUT2D eigenvalue weighted by molar-refractivity contribution is -0.384. The first-order valence-corrected chi connectivity index (χ1v) is 10.4. The molecule has 9 heteroatoms. The Morgan fingerprint density at radius 2 is 1.96 bits per heavy atom. The molecule has 1 fully saturated rings. The van der Waals surface area contributed by atoms with Gasteiger partial charge in [-0.1, -0.05) is 42.1 Å². The number of nitro benzene ring substituents is 1. The van der Waals surface area contributed by atoms with Crippen LogP contribution in [0.5, 0.6) is 0 Å². The number of non-ortho nitro benzene ring substituents is 1. The van der Waals surface area contributed by atoms with Crippen LogP contribution in [-0.4, -0.2) is 47.0 Å². The highest BCUT2D eigenvalue weighted by atomic mass is 32.2. The molecule has 0 radical (unpaired) electrons. The number of nitro groups is 1. The zero-order valence-electron chi connectivity index (χ0n) is 14.8. The first kappa shape index (κ1) is 18.9. The van der Waals surface area contributed by atoms with E-state index in [-0.39, 0.29) is 11.6 Å². The monoisotopic (exact) mass is 415 g/mol. The van der Waals surface area contributed by atoms with E-state index in [4.69, 9.17) is 4.74 Å². The second-order valence-corrected chi connectivity index (χ2v) is 8.62. The Bertz CT molecular complexity index is 1000. The maximum absolute atomic E-state index is 13.2. The molecule has 1 aromatic heterocycles. The van der Waals surface area contributed by atoms with Crippen LogP contribution in [0.4, 0.5) is 5.69 Å². The standard InChI is InChI=1S/C19H17N3O4S2/c23-18(21-8-10-26-11-9-21)17(13-4-2-1-3-5-13)28-19-20-15-7-6-14(22(24)25)12-16(15)27-19/h1-7,12,17H,8-11H2/t17-/m0/s1. The Labute approximate surface area is 169 Å². The molecule has 0 bridgehead atoms. The molecule has 1 saturated heterocycles. The van der Waals surface area contributed by atoms with Crippen LogP contribution < -0.4 is 0 Å². The third-order valence-electron chi connectivity index (χ3n) is 4.43. The van der Waals surface area contributed by atoms with E-state index in [1.165, 1.54) is 35.2 Å². The quantitative estimate of drug-likeness (QED) is 0.357. The molecule has 0 aliphatic carbocycles. The minimum absolute atomic E-state index is 0.0322. The Morgan fingerprint density at radius 3 is 2.68 bits per heavy atom. The van der Waals surface area contributed by atoms with Gasteiger partial charge in [0.15, 0.2) is 4.34 Å². The summed E-state index contributed by atoms with van der Waals surface area (Å²) in [5, 5.41) is 10.6. The first-order valence-electron chi connectivity index (χ1n) is 8.75. The van der Waals surface area contributed by atoms with E-state index >= 15 is 0 Å². The van der Waals surface area contributed by atoms with Gasteiger partial charge in [-0.25, -0.2) is 4.98 Å². The van der Waals surface area contributed by atoms with Gasteiger partial charge in [-0.2, -0.15) is 0 Å². The van der Waals surface area contributed by atoms with Crippen molar-refractivity contribution in [2.45, 2.75) is 9.59 Å². The van der Waals surface area contributed by atoms with Crippen molar-refractivity contribution in [3.63, 3.8) is 0 Å². The highest BCUT2D eigenvalue weighted by Gasteiger charge is 2.29. The Morgan fingerprint density at radius 1 is 1.21 bits per heavy atom. The van der Waals surface area contributed by atoms with Gasteiger partial charge >= 0.3 is 0 Å². The van der Waals surface area contributed by atoms with Crippen LogP contribution in [0.3, 0.4) is 0 Å². The fourth-order valence-corrected chi connectivity index (χ4v) is 5.37. The van der Waals surface area contributed by atoms with Crippen LogP contribution in [0.1, 0.15) is 10.8 Å². The first-order chi connectivity index (χ1) is 13.6. The van der Waals surface area contributed by atoms with E-state index in [9.17, 15) is 14.9 Å². The van der Waals surface area contributed by atoms with Crippen molar-refractivity contribution in [1.29, 1.82) is 0 Å². The van der Waals surface area contributed by atoms with Crippen LogP contribution in [0.25, 0.3) is 10.2 Å². The highest BCUT2D eigenvalue weighted by Crippen LogP contribution is 2.41. The van der Waals surface area contributed by atoms with Gasteiger partial charge in [0.2, 0.25) is 5.91 Å². The van der Waals surface area contributed by atoms with E-state index in [0.717, 1.165) is 10.3 Å². The molecule has 2 aromatic carbocycles. The van der Waals surface area contributed by atoms with Crippen molar-refractivity contribution in [3.05, 3.63) is 64.2 Å². The van der Waals surface area contributed by atoms with Crippen LogP contribution in [-0.2, 0) is 9.53 Å². The number of aromatic nitrogens is 1. The third kappa shape index (κ3) is 4.01. The number of thioether (sulfide) groups is 1. The average Bonchev–Trinajstić information content (AvgIpc) is 3.14. The van der Waals surface area contributed by atoms with Gasteiger partial charge in [0.05, 0.1) is 28.4 Å². The molecule has 0 spiro atoms.